The first-order valence-corrected chi connectivity index (χ1v) is 7.36. The Morgan fingerprint density at radius 3 is 2.30 bits per heavy atom. The minimum absolute atomic E-state index is 0.202. The van der Waals surface area contributed by atoms with Crippen LogP contribution in [0.15, 0.2) is 48.5 Å². The summed E-state index contributed by atoms with van der Waals surface area (Å²) in [4.78, 5) is 36.7. The van der Waals surface area contributed by atoms with Gasteiger partial charge in [-0.2, -0.15) is 0 Å². The summed E-state index contributed by atoms with van der Waals surface area (Å²) in [6.07, 6.45) is 0.404. The SMILES string of the molecule is O=C(Oc1cccc(N2C(=O)CCC2=O)c1)c1ccc(Cl)cc1. The van der Waals surface area contributed by atoms with Crippen molar-refractivity contribution in [2.45, 2.75) is 12.8 Å². The zero-order valence-electron chi connectivity index (χ0n) is 12.0. The summed E-state index contributed by atoms with van der Waals surface area (Å²) < 4.78 is 5.28. The van der Waals surface area contributed by atoms with Crippen molar-refractivity contribution in [3.8, 4) is 5.75 Å². The number of carbonyl (C=O) groups is 3. The van der Waals surface area contributed by atoms with Crippen LogP contribution in [0.4, 0.5) is 5.69 Å². The van der Waals surface area contributed by atoms with E-state index in [1.807, 2.05) is 0 Å². The Balaban J connectivity index is 1.80. The number of rotatable bonds is 3. The zero-order valence-corrected chi connectivity index (χ0v) is 12.7. The van der Waals surface area contributed by atoms with Gasteiger partial charge in [0.05, 0.1) is 11.3 Å². The van der Waals surface area contributed by atoms with Crippen LogP contribution in [0.1, 0.15) is 23.2 Å². The molecule has 2 amide bonds. The van der Waals surface area contributed by atoms with Crippen molar-refractivity contribution < 1.29 is 19.1 Å². The maximum atomic E-state index is 12.1. The molecule has 1 aliphatic heterocycles. The largest absolute Gasteiger partial charge is 0.423 e. The number of hydrogen-bond acceptors (Lipinski definition) is 4. The molecule has 3 rings (SSSR count). The molecule has 0 aliphatic carbocycles. The van der Waals surface area contributed by atoms with Gasteiger partial charge in [0.1, 0.15) is 5.75 Å². The van der Waals surface area contributed by atoms with E-state index < -0.39 is 5.97 Å². The van der Waals surface area contributed by atoms with E-state index in [0.29, 0.717) is 16.3 Å². The van der Waals surface area contributed by atoms with Gasteiger partial charge in [-0.05, 0) is 36.4 Å². The summed E-state index contributed by atoms with van der Waals surface area (Å²) in [6.45, 7) is 0. The molecule has 1 saturated heterocycles. The van der Waals surface area contributed by atoms with E-state index in [1.54, 1.807) is 42.5 Å². The Kier molecular flexibility index (Phi) is 4.12. The van der Waals surface area contributed by atoms with E-state index in [0.717, 1.165) is 4.90 Å². The fraction of sp³-hybridized carbons (Fsp3) is 0.118. The summed E-state index contributed by atoms with van der Waals surface area (Å²) in [5, 5.41) is 0.523. The van der Waals surface area contributed by atoms with Crippen LogP contribution in [0.2, 0.25) is 5.02 Å². The van der Waals surface area contributed by atoms with Gasteiger partial charge in [0.15, 0.2) is 0 Å². The standard InChI is InChI=1S/C17H12ClNO4/c18-12-6-4-11(5-7-12)17(22)23-14-3-1-2-13(10-14)19-15(20)8-9-16(19)21/h1-7,10H,8-9H2. The highest BCUT2D eigenvalue weighted by Crippen LogP contribution is 2.26. The van der Waals surface area contributed by atoms with E-state index in [2.05, 4.69) is 0 Å². The lowest BCUT2D eigenvalue weighted by Gasteiger charge is -2.14. The maximum absolute atomic E-state index is 12.1. The molecule has 0 saturated carbocycles. The fourth-order valence-electron chi connectivity index (χ4n) is 2.30. The number of imide groups is 1. The Bertz CT molecular complexity index is 769. The number of carbonyl (C=O) groups excluding carboxylic acids is 3. The molecule has 0 spiro atoms. The summed E-state index contributed by atoms with van der Waals surface area (Å²) in [5.74, 6) is -0.791. The molecule has 0 unspecified atom stereocenters. The number of esters is 1. The first-order chi connectivity index (χ1) is 11.0. The average molecular weight is 330 g/mol. The predicted molar refractivity (Wildman–Crippen MR) is 84.6 cm³/mol. The Hall–Kier alpha value is -2.66. The number of benzene rings is 2. The lowest BCUT2D eigenvalue weighted by molar-refractivity contribution is -0.121. The first kappa shape index (κ1) is 15.2. The maximum Gasteiger partial charge on any atom is 0.343 e. The van der Waals surface area contributed by atoms with Gasteiger partial charge >= 0.3 is 5.97 Å². The summed E-state index contributed by atoms with van der Waals surface area (Å²) >= 11 is 5.78. The molecule has 1 heterocycles. The monoisotopic (exact) mass is 329 g/mol. The van der Waals surface area contributed by atoms with Crippen LogP contribution < -0.4 is 9.64 Å². The molecule has 1 aliphatic rings. The zero-order chi connectivity index (χ0) is 16.4. The normalized spacial score (nSPS) is 14.2. The summed E-state index contributed by atoms with van der Waals surface area (Å²) in [7, 11) is 0. The Labute approximate surface area is 137 Å². The molecule has 0 N–H and O–H groups in total. The minimum atomic E-state index is -0.544. The van der Waals surface area contributed by atoms with Crippen molar-refractivity contribution in [3.63, 3.8) is 0 Å². The second-order valence-corrected chi connectivity index (χ2v) is 5.45. The molecular formula is C17H12ClNO4. The molecule has 0 radical (unpaired) electrons. The van der Waals surface area contributed by atoms with Gasteiger partial charge in [0.25, 0.3) is 0 Å². The van der Waals surface area contributed by atoms with Crippen LogP contribution in [-0.4, -0.2) is 17.8 Å². The fourth-order valence-corrected chi connectivity index (χ4v) is 2.43. The second-order valence-electron chi connectivity index (χ2n) is 5.02. The van der Waals surface area contributed by atoms with Crippen molar-refractivity contribution >= 4 is 35.1 Å². The summed E-state index contributed by atoms with van der Waals surface area (Å²) in [6, 6.07) is 12.6. The third kappa shape index (κ3) is 3.24. The molecule has 23 heavy (non-hydrogen) atoms. The van der Waals surface area contributed by atoms with E-state index >= 15 is 0 Å². The van der Waals surface area contributed by atoms with Crippen LogP contribution in [0.3, 0.4) is 0 Å². The van der Waals surface area contributed by atoms with E-state index in [4.69, 9.17) is 16.3 Å². The number of hydrogen-bond donors (Lipinski definition) is 0. The number of anilines is 1. The Morgan fingerprint density at radius 2 is 1.65 bits per heavy atom. The lowest BCUT2D eigenvalue weighted by Crippen LogP contribution is -2.28. The molecule has 0 bridgehead atoms. The number of nitrogens with zero attached hydrogens (tertiary/aromatic N) is 1. The van der Waals surface area contributed by atoms with E-state index in [9.17, 15) is 14.4 Å². The topological polar surface area (TPSA) is 63.7 Å². The third-order valence-corrected chi connectivity index (χ3v) is 3.67. The van der Waals surface area contributed by atoms with E-state index in [1.165, 1.54) is 6.07 Å². The molecular weight excluding hydrogens is 318 g/mol. The van der Waals surface area contributed by atoms with Gasteiger partial charge in [-0.1, -0.05) is 17.7 Å². The second kappa shape index (κ2) is 6.22. The molecule has 116 valence electrons. The van der Waals surface area contributed by atoms with E-state index in [-0.39, 0.29) is 30.4 Å². The minimum Gasteiger partial charge on any atom is -0.423 e. The van der Waals surface area contributed by atoms with Gasteiger partial charge in [-0.25, -0.2) is 4.79 Å². The molecule has 1 fully saturated rings. The first-order valence-electron chi connectivity index (χ1n) is 6.98. The predicted octanol–water partition coefficient (Wildman–Crippen LogP) is 3.21. The lowest BCUT2D eigenvalue weighted by atomic mass is 10.2. The summed E-state index contributed by atoms with van der Waals surface area (Å²) in [5.41, 5.74) is 0.757. The molecule has 5 nitrogen and oxygen atoms in total. The van der Waals surface area contributed by atoms with Crippen LogP contribution in [-0.2, 0) is 9.59 Å². The number of halogens is 1. The average Bonchev–Trinajstić information content (AvgIpc) is 2.87. The van der Waals surface area contributed by atoms with Crippen LogP contribution in [0.25, 0.3) is 0 Å². The molecule has 0 aromatic heterocycles. The smallest absolute Gasteiger partial charge is 0.343 e. The van der Waals surface area contributed by atoms with Crippen molar-refractivity contribution in [1.82, 2.24) is 0 Å². The number of amides is 2. The van der Waals surface area contributed by atoms with Gasteiger partial charge in [0.2, 0.25) is 11.8 Å². The highest BCUT2D eigenvalue weighted by Gasteiger charge is 2.30. The molecule has 0 atom stereocenters. The van der Waals surface area contributed by atoms with Gasteiger partial charge in [0, 0.05) is 23.9 Å². The van der Waals surface area contributed by atoms with Crippen molar-refractivity contribution in [1.29, 1.82) is 0 Å². The Morgan fingerprint density at radius 1 is 1.00 bits per heavy atom. The van der Waals surface area contributed by atoms with Gasteiger partial charge < -0.3 is 4.74 Å². The van der Waals surface area contributed by atoms with Gasteiger partial charge in [-0.3, -0.25) is 14.5 Å². The van der Waals surface area contributed by atoms with Crippen LogP contribution >= 0.6 is 11.6 Å². The molecule has 2 aromatic rings. The van der Waals surface area contributed by atoms with Crippen molar-refractivity contribution in [3.05, 3.63) is 59.1 Å². The third-order valence-electron chi connectivity index (χ3n) is 3.42. The van der Waals surface area contributed by atoms with Crippen molar-refractivity contribution in [2.24, 2.45) is 0 Å². The quantitative estimate of drug-likeness (QED) is 0.493. The molecule has 6 heteroatoms. The highest BCUT2D eigenvalue weighted by molar-refractivity contribution is 6.30. The number of ether oxygens (including phenoxy) is 1. The van der Waals surface area contributed by atoms with Crippen LogP contribution in [0, 0.1) is 0 Å². The van der Waals surface area contributed by atoms with Gasteiger partial charge in [-0.15, -0.1) is 0 Å². The molecule has 2 aromatic carbocycles. The van der Waals surface area contributed by atoms with Crippen LogP contribution in [0.5, 0.6) is 5.75 Å². The highest BCUT2D eigenvalue weighted by atomic mass is 35.5. The van der Waals surface area contributed by atoms with Crippen molar-refractivity contribution in [2.75, 3.05) is 4.90 Å².